The number of nitrogens with zero attached hydrogens (tertiary/aromatic N) is 1. The quantitative estimate of drug-likeness (QED) is 0.649. The fourth-order valence-corrected chi connectivity index (χ4v) is 2.06. The normalized spacial score (nSPS) is 10.8. The number of nitrogens with two attached hydrogens (primary N) is 1. The molecule has 0 radical (unpaired) electrons. The summed E-state index contributed by atoms with van der Waals surface area (Å²) in [4.78, 5) is 2.09. The molecule has 0 saturated heterocycles. The average molecular weight is 305 g/mol. The molecular weight excluding hydrogens is 289 g/mol. The van der Waals surface area contributed by atoms with Crippen molar-refractivity contribution in [1.29, 1.82) is 5.41 Å². The molecule has 0 atom stereocenters. The van der Waals surface area contributed by atoms with Gasteiger partial charge in [-0.25, -0.2) is 0 Å². The maximum atomic E-state index is 7.16. The molecule has 1 rings (SSSR count). The highest BCUT2D eigenvalue weighted by atomic mass is 79.9. The van der Waals surface area contributed by atoms with Crippen LogP contribution in [0.1, 0.15) is 12.0 Å². The van der Waals surface area contributed by atoms with Crippen LogP contribution in [0.2, 0.25) is 5.02 Å². The lowest BCUT2D eigenvalue weighted by molar-refractivity contribution is 0.336. The molecule has 0 unspecified atom stereocenters. The predicted molar refractivity (Wildman–Crippen MR) is 72.0 cm³/mol. The van der Waals surface area contributed by atoms with Crippen molar-refractivity contribution >= 4 is 33.4 Å². The third-order valence-electron chi connectivity index (χ3n) is 2.22. The van der Waals surface area contributed by atoms with Gasteiger partial charge in [0.05, 0.1) is 5.84 Å². The lowest BCUT2D eigenvalue weighted by Gasteiger charge is -2.17. The molecular formula is C11H15BrClN3. The summed E-state index contributed by atoms with van der Waals surface area (Å²) in [6, 6.07) is 5.85. The minimum absolute atomic E-state index is 0.216. The molecule has 1 aromatic rings. The van der Waals surface area contributed by atoms with Crippen LogP contribution < -0.4 is 5.73 Å². The van der Waals surface area contributed by atoms with E-state index in [-0.39, 0.29) is 5.84 Å². The van der Waals surface area contributed by atoms with E-state index in [1.807, 2.05) is 25.2 Å². The van der Waals surface area contributed by atoms with E-state index in [9.17, 15) is 0 Å². The lowest BCUT2D eigenvalue weighted by Crippen LogP contribution is -2.24. The van der Waals surface area contributed by atoms with Crippen LogP contribution in [0.4, 0.5) is 0 Å². The highest BCUT2D eigenvalue weighted by Crippen LogP contribution is 2.22. The van der Waals surface area contributed by atoms with Gasteiger partial charge in [0.15, 0.2) is 0 Å². The van der Waals surface area contributed by atoms with Gasteiger partial charge in [-0.1, -0.05) is 33.6 Å². The zero-order valence-corrected chi connectivity index (χ0v) is 11.5. The average Bonchev–Trinajstić information content (AvgIpc) is 2.19. The van der Waals surface area contributed by atoms with Crippen molar-refractivity contribution in [2.75, 3.05) is 13.6 Å². The van der Waals surface area contributed by atoms with Crippen LogP contribution in [0.15, 0.2) is 22.7 Å². The Balaban J connectivity index is 2.55. The Morgan fingerprint density at radius 1 is 1.56 bits per heavy atom. The van der Waals surface area contributed by atoms with E-state index >= 15 is 0 Å². The van der Waals surface area contributed by atoms with E-state index in [2.05, 4.69) is 20.8 Å². The molecule has 3 nitrogen and oxygen atoms in total. The Morgan fingerprint density at radius 2 is 2.25 bits per heavy atom. The molecule has 3 N–H and O–H groups in total. The highest BCUT2D eigenvalue weighted by molar-refractivity contribution is 9.10. The molecule has 0 heterocycles. The van der Waals surface area contributed by atoms with Crippen LogP contribution in [0.3, 0.4) is 0 Å². The minimum Gasteiger partial charge on any atom is -0.388 e. The largest absolute Gasteiger partial charge is 0.388 e. The van der Waals surface area contributed by atoms with E-state index in [0.717, 1.165) is 28.1 Å². The van der Waals surface area contributed by atoms with Crippen LogP contribution in [-0.2, 0) is 6.54 Å². The summed E-state index contributed by atoms with van der Waals surface area (Å²) in [5.74, 6) is 0.216. The van der Waals surface area contributed by atoms with E-state index in [4.69, 9.17) is 22.7 Å². The molecule has 16 heavy (non-hydrogen) atoms. The third-order valence-corrected chi connectivity index (χ3v) is 3.06. The summed E-state index contributed by atoms with van der Waals surface area (Å²) >= 11 is 9.48. The summed E-state index contributed by atoms with van der Waals surface area (Å²) in [7, 11) is 1.99. The van der Waals surface area contributed by atoms with Crippen LogP contribution in [0, 0.1) is 5.41 Å². The minimum atomic E-state index is 0.216. The van der Waals surface area contributed by atoms with Gasteiger partial charge in [0.2, 0.25) is 0 Å². The summed E-state index contributed by atoms with van der Waals surface area (Å²) in [6.07, 6.45) is 0.588. The van der Waals surface area contributed by atoms with Crippen molar-refractivity contribution in [2.45, 2.75) is 13.0 Å². The van der Waals surface area contributed by atoms with Crippen LogP contribution in [0.5, 0.6) is 0 Å². The van der Waals surface area contributed by atoms with Crippen LogP contribution in [-0.4, -0.2) is 24.3 Å². The van der Waals surface area contributed by atoms with Gasteiger partial charge in [-0.2, -0.15) is 0 Å². The Kier molecular flexibility index (Phi) is 5.25. The second-order valence-corrected chi connectivity index (χ2v) is 5.07. The molecule has 0 bridgehead atoms. The van der Waals surface area contributed by atoms with E-state index in [1.165, 1.54) is 0 Å². The number of rotatable bonds is 5. The maximum absolute atomic E-state index is 7.16. The zero-order chi connectivity index (χ0) is 12.1. The number of benzene rings is 1. The van der Waals surface area contributed by atoms with Crippen molar-refractivity contribution in [2.24, 2.45) is 5.73 Å². The van der Waals surface area contributed by atoms with Gasteiger partial charge in [0.25, 0.3) is 0 Å². The molecule has 1 aromatic carbocycles. The van der Waals surface area contributed by atoms with Gasteiger partial charge in [0, 0.05) is 29.0 Å². The second-order valence-electron chi connectivity index (χ2n) is 3.75. The molecule has 0 spiro atoms. The molecule has 88 valence electrons. The molecule has 0 aliphatic rings. The van der Waals surface area contributed by atoms with Gasteiger partial charge in [-0.05, 0) is 24.7 Å². The van der Waals surface area contributed by atoms with Gasteiger partial charge < -0.3 is 10.6 Å². The topological polar surface area (TPSA) is 53.1 Å². The molecule has 0 amide bonds. The van der Waals surface area contributed by atoms with Crippen LogP contribution in [0.25, 0.3) is 0 Å². The Hall–Kier alpha value is -0.580. The number of hydrogen-bond acceptors (Lipinski definition) is 2. The lowest BCUT2D eigenvalue weighted by atomic mass is 10.2. The van der Waals surface area contributed by atoms with Crippen molar-refractivity contribution in [3.05, 3.63) is 33.3 Å². The molecule has 0 saturated carbocycles. The first-order valence-corrected chi connectivity index (χ1v) is 6.11. The number of amidine groups is 1. The van der Waals surface area contributed by atoms with Crippen molar-refractivity contribution < 1.29 is 0 Å². The summed E-state index contributed by atoms with van der Waals surface area (Å²) in [5.41, 5.74) is 6.39. The fourth-order valence-electron chi connectivity index (χ4n) is 1.33. The summed E-state index contributed by atoms with van der Waals surface area (Å²) in [6.45, 7) is 1.53. The van der Waals surface area contributed by atoms with Crippen molar-refractivity contribution in [1.82, 2.24) is 4.90 Å². The SMILES string of the molecule is CN(CCC(=N)N)Cc1ccc(Br)cc1Cl. The van der Waals surface area contributed by atoms with Gasteiger partial charge in [-0.15, -0.1) is 0 Å². The van der Waals surface area contributed by atoms with Gasteiger partial charge >= 0.3 is 0 Å². The Labute approximate surface area is 109 Å². The molecule has 0 aromatic heterocycles. The third kappa shape index (κ3) is 4.51. The second kappa shape index (κ2) is 6.23. The number of nitrogens with one attached hydrogen (secondary N) is 1. The Morgan fingerprint density at radius 3 is 2.81 bits per heavy atom. The standard InChI is InChI=1S/C11H15BrClN3/c1-16(5-4-11(14)15)7-8-2-3-9(12)6-10(8)13/h2-3,6H,4-5,7H2,1H3,(H3,14,15). The molecule has 0 aliphatic heterocycles. The van der Waals surface area contributed by atoms with E-state index in [0.29, 0.717) is 6.42 Å². The zero-order valence-electron chi connectivity index (χ0n) is 9.13. The first kappa shape index (κ1) is 13.5. The Bertz CT molecular complexity index is 381. The highest BCUT2D eigenvalue weighted by Gasteiger charge is 2.05. The fraction of sp³-hybridized carbons (Fsp3) is 0.364. The van der Waals surface area contributed by atoms with Gasteiger partial charge in [-0.3, -0.25) is 5.41 Å². The maximum Gasteiger partial charge on any atom is 0.0918 e. The van der Waals surface area contributed by atoms with Gasteiger partial charge in [0.1, 0.15) is 0 Å². The first-order valence-electron chi connectivity index (χ1n) is 4.94. The van der Waals surface area contributed by atoms with Crippen LogP contribution >= 0.6 is 27.5 Å². The summed E-state index contributed by atoms with van der Waals surface area (Å²) in [5, 5.41) is 7.91. The first-order chi connectivity index (χ1) is 7.49. The van der Waals surface area contributed by atoms with E-state index < -0.39 is 0 Å². The van der Waals surface area contributed by atoms with E-state index in [1.54, 1.807) is 0 Å². The number of hydrogen-bond donors (Lipinski definition) is 2. The molecule has 0 fully saturated rings. The monoisotopic (exact) mass is 303 g/mol. The number of halogens is 2. The van der Waals surface area contributed by atoms with Crippen molar-refractivity contribution in [3.63, 3.8) is 0 Å². The smallest absolute Gasteiger partial charge is 0.0918 e. The van der Waals surface area contributed by atoms with Crippen molar-refractivity contribution in [3.8, 4) is 0 Å². The molecule has 0 aliphatic carbocycles. The molecule has 5 heteroatoms. The summed E-state index contributed by atoms with van der Waals surface area (Å²) < 4.78 is 0.979. The predicted octanol–water partition coefficient (Wildman–Crippen LogP) is 2.86.